The third-order valence-corrected chi connectivity index (χ3v) is 4.73. The lowest BCUT2D eigenvalue weighted by molar-refractivity contribution is -0.145. The van der Waals surface area contributed by atoms with Crippen molar-refractivity contribution < 1.29 is 18.7 Å². The maximum atomic E-state index is 14.5. The van der Waals surface area contributed by atoms with Crippen LogP contribution in [0, 0.1) is 5.82 Å². The van der Waals surface area contributed by atoms with Gasteiger partial charge in [0.1, 0.15) is 12.1 Å². The van der Waals surface area contributed by atoms with E-state index in [0.29, 0.717) is 12.3 Å². The molecule has 2 atom stereocenters. The van der Waals surface area contributed by atoms with Crippen LogP contribution in [0.5, 0.6) is 0 Å². The van der Waals surface area contributed by atoms with Gasteiger partial charge in [0.15, 0.2) is 5.82 Å². The number of nitrogens with two attached hydrogens (primary N) is 1. The Morgan fingerprint density at radius 3 is 2.81 bits per heavy atom. The van der Waals surface area contributed by atoms with Gasteiger partial charge in [-0.25, -0.2) is 9.18 Å². The topological polar surface area (TPSA) is 83.6 Å². The Hall–Kier alpha value is -2.38. The Morgan fingerprint density at radius 2 is 2.15 bits per heavy atom. The molecule has 2 N–H and O–H groups in total. The third-order valence-electron chi connectivity index (χ3n) is 4.43. The Labute approximate surface area is 154 Å². The summed E-state index contributed by atoms with van der Waals surface area (Å²) in [4.78, 5) is 24.7. The van der Waals surface area contributed by atoms with Gasteiger partial charge in [-0.3, -0.25) is 9.36 Å². The highest BCUT2D eigenvalue weighted by molar-refractivity contribution is 6.31. The van der Waals surface area contributed by atoms with Crippen molar-refractivity contribution in [1.29, 1.82) is 0 Å². The summed E-state index contributed by atoms with van der Waals surface area (Å²) in [6.07, 6.45) is -0.215. The van der Waals surface area contributed by atoms with Gasteiger partial charge in [-0.1, -0.05) is 11.6 Å². The average Bonchev–Trinajstić information content (AvgIpc) is 2.97. The minimum atomic E-state index is -0.783. The number of anilines is 1. The van der Waals surface area contributed by atoms with Crippen molar-refractivity contribution in [3.8, 4) is 11.1 Å². The number of rotatable bonds is 4. The van der Waals surface area contributed by atoms with Gasteiger partial charge in [0.25, 0.3) is 5.56 Å². The summed E-state index contributed by atoms with van der Waals surface area (Å²) in [6, 6.07) is 4.89. The summed E-state index contributed by atoms with van der Waals surface area (Å²) in [5, 5.41) is -0.0939. The minimum Gasteiger partial charge on any atom is -0.467 e. The number of nitrogen functional groups attached to an aromatic ring is 1. The van der Waals surface area contributed by atoms with Crippen LogP contribution in [0.15, 0.2) is 29.1 Å². The van der Waals surface area contributed by atoms with Crippen LogP contribution in [0.1, 0.15) is 31.2 Å². The number of hydrogen-bond donors (Lipinski definition) is 1. The van der Waals surface area contributed by atoms with Crippen molar-refractivity contribution in [3.05, 3.63) is 51.2 Å². The molecule has 0 saturated carbocycles. The molecule has 2 heterocycles. The van der Waals surface area contributed by atoms with E-state index in [9.17, 15) is 14.0 Å². The molecule has 1 aromatic carbocycles. The van der Waals surface area contributed by atoms with Crippen molar-refractivity contribution in [2.24, 2.45) is 0 Å². The van der Waals surface area contributed by atoms with Gasteiger partial charge in [0.05, 0.1) is 17.8 Å². The van der Waals surface area contributed by atoms with Crippen molar-refractivity contribution in [2.45, 2.75) is 25.5 Å². The number of hydrogen-bond acceptors (Lipinski definition) is 5. The number of nitrogens with zero attached hydrogens (tertiary/aromatic N) is 1. The van der Waals surface area contributed by atoms with Crippen LogP contribution in [0.25, 0.3) is 11.1 Å². The van der Waals surface area contributed by atoms with E-state index in [0.717, 1.165) is 0 Å². The molecule has 0 aliphatic carbocycles. The molecule has 0 radical (unpaired) electrons. The Kier molecular flexibility index (Phi) is 5.02. The molecular formula is C18H18ClFN2O4. The molecule has 1 unspecified atom stereocenters. The second-order valence-electron chi connectivity index (χ2n) is 5.92. The number of benzene rings is 1. The molecule has 1 aliphatic heterocycles. The third kappa shape index (κ3) is 2.97. The molecule has 0 saturated heterocycles. The SMILES string of the molecule is CCOC1C[C@@H](C(=O)OC)n2c1cc(-c1c(N)ccc(Cl)c1F)cc2=O. The fourth-order valence-electron chi connectivity index (χ4n) is 3.31. The standard InChI is InChI=1S/C18H18ClFN2O4/c1-3-26-14-8-13(18(24)25-2)22-12(14)6-9(7-15(22)23)16-11(21)5-4-10(19)17(16)20/h4-7,13-14H,3,8,21H2,1-2H3/t13-,14?/m0/s1. The summed E-state index contributed by atoms with van der Waals surface area (Å²) in [7, 11) is 1.26. The number of esters is 1. The molecule has 6 nitrogen and oxygen atoms in total. The van der Waals surface area contributed by atoms with Crippen LogP contribution in [0.2, 0.25) is 5.02 Å². The van der Waals surface area contributed by atoms with E-state index in [1.165, 1.54) is 29.9 Å². The number of aromatic nitrogens is 1. The highest BCUT2D eigenvalue weighted by Gasteiger charge is 2.37. The number of fused-ring (bicyclic) bond motifs is 1. The lowest BCUT2D eigenvalue weighted by atomic mass is 10.0. The predicted octanol–water partition coefficient (Wildman–Crippen LogP) is 3.09. The number of pyridine rings is 1. The molecule has 0 fully saturated rings. The van der Waals surface area contributed by atoms with E-state index in [1.54, 1.807) is 6.07 Å². The van der Waals surface area contributed by atoms with Crippen molar-refractivity contribution in [3.63, 3.8) is 0 Å². The molecule has 0 amide bonds. The van der Waals surface area contributed by atoms with Crippen LogP contribution in [-0.2, 0) is 14.3 Å². The fourth-order valence-corrected chi connectivity index (χ4v) is 3.46. The highest BCUT2D eigenvalue weighted by Crippen LogP contribution is 2.39. The normalized spacial score (nSPS) is 18.6. The molecule has 0 spiro atoms. The Morgan fingerprint density at radius 1 is 1.42 bits per heavy atom. The highest BCUT2D eigenvalue weighted by atomic mass is 35.5. The van der Waals surface area contributed by atoms with E-state index >= 15 is 0 Å². The zero-order chi connectivity index (χ0) is 19.0. The average molecular weight is 381 g/mol. The lowest BCUT2D eigenvalue weighted by Crippen LogP contribution is -2.28. The van der Waals surface area contributed by atoms with E-state index < -0.39 is 29.5 Å². The van der Waals surface area contributed by atoms with Gasteiger partial charge >= 0.3 is 5.97 Å². The summed E-state index contributed by atoms with van der Waals surface area (Å²) >= 11 is 5.85. The molecular weight excluding hydrogens is 363 g/mol. The second kappa shape index (κ2) is 7.09. The van der Waals surface area contributed by atoms with E-state index in [2.05, 4.69) is 0 Å². The van der Waals surface area contributed by atoms with Crippen LogP contribution >= 0.6 is 11.6 Å². The molecule has 26 heavy (non-hydrogen) atoms. The van der Waals surface area contributed by atoms with Gasteiger partial charge in [-0.2, -0.15) is 0 Å². The molecule has 0 bridgehead atoms. The zero-order valence-corrected chi connectivity index (χ0v) is 15.0. The predicted molar refractivity (Wildman–Crippen MR) is 95.6 cm³/mol. The smallest absolute Gasteiger partial charge is 0.329 e. The van der Waals surface area contributed by atoms with E-state index in [-0.39, 0.29) is 28.3 Å². The molecule has 8 heteroatoms. The fraction of sp³-hybridized carbons (Fsp3) is 0.333. The van der Waals surface area contributed by atoms with Crippen molar-refractivity contribution in [2.75, 3.05) is 19.5 Å². The summed E-state index contributed by atoms with van der Waals surface area (Å²) in [5.74, 6) is -1.23. The first kappa shape index (κ1) is 18.4. The van der Waals surface area contributed by atoms with Gasteiger partial charge in [0.2, 0.25) is 0 Å². The summed E-state index contributed by atoms with van der Waals surface area (Å²) in [6.45, 7) is 2.21. The molecule has 2 aromatic rings. The van der Waals surface area contributed by atoms with E-state index in [1.807, 2.05) is 6.92 Å². The van der Waals surface area contributed by atoms with Crippen LogP contribution < -0.4 is 11.3 Å². The maximum absolute atomic E-state index is 14.5. The van der Waals surface area contributed by atoms with Gasteiger partial charge in [-0.15, -0.1) is 0 Å². The number of carbonyl (C=O) groups is 1. The van der Waals surface area contributed by atoms with Gasteiger partial charge in [-0.05, 0) is 30.7 Å². The first-order valence-electron chi connectivity index (χ1n) is 8.08. The molecule has 1 aliphatic rings. The largest absolute Gasteiger partial charge is 0.467 e. The maximum Gasteiger partial charge on any atom is 0.329 e. The van der Waals surface area contributed by atoms with Crippen molar-refractivity contribution >= 4 is 23.3 Å². The lowest BCUT2D eigenvalue weighted by Gasteiger charge is -2.15. The quantitative estimate of drug-likeness (QED) is 0.651. The zero-order valence-electron chi connectivity index (χ0n) is 14.3. The molecule has 3 rings (SSSR count). The van der Waals surface area contributed by atoms with Gasteiger partial charge < -0.3 is 15.2 Å². The van der Waals surface area contributed by atoms with Crippen molar-refractivity contribution in [1.82, 2.24) is 4.57 Å². The summed E-state index contributed by atoms with van der Waals surface area (Å²) < 4.78 is 26.3. The first-order valence-corrected chi connectivity index (χ1v) is 8.46. The van der Waals surface area contributed by atoms with Gasteiger partial charge in [0, 0.05) is 30.3 Å². The number of methoxy groups -OCH3 is 1. The van der Waals surface area contributed by atoms with Crippen LogP contribution in [-0.4, -0.2) is 24.3 Å². The van der Waals surface area contributed by atoms with Crippen LogP contribution in [0.4, 0.5) is 10.1 Å². The first-order chi connectivity index (χ1) is 12.4. The Balaban J connectivity index is 2.21. The Bertz CT molecular complexity index is 928. The second-order valence-corrected chi connectivity index (χ2v) is 6.33. The minimum absolute atomic E-state index is 0.0507. The van der Waals surface area contributed by atoms with E-state index in [4.69, 9.17) is 26.8 Å². The van der Waals surface area contributed by atoms with Crippen LogP contribution in [0.3, 0.4) is 0 Å². The molecule has 1 aromatic heterocycles. The molecule has 138 valence electrons. The summed E-state index contributed by atoms with van der Waals surface area (Å²) in [5.41, 5.74) is 6.40. The number of halogens is 2. The number of ether oxygens (including phenoxy) is 2. The number of carbonyl (C=O) groups excluding carboxylic acids is 1. The monoisotopic (exact) mass is 380 g/mol.